The molecule has 8 aromatic carbocycles. The maximum Gasteiger partial charge on any atom is 0.235 e. The van der Waals surface area contributed by atoms with E-state index in [0.717, 1.165) is 33.2 Å². The van der Waals surface area contributed by atoms with E-state index in [1.807, 2.05) is 0 Å². The third-order valence-electron chi connectivity index (χ3n) is 9.60. The second kappa shape index (κ2) is 10.1. The summed E-state index contributed by atoms with van der Waals surface area (Å²) in [6, 6.07) is 58.4. The van der Waals surface area contributed by atoms with E-state index in [0.29, 0.717) is 5.95 Å². The average Bonchev–Trinajstić information content (AvgIpc) is 3.49. The predicted octanol–water partition coefficient (Wildman–Crippen LogP) is 11.5. The fourth-order valence-corrected chi connectivity index (χ4v) is 7.40. The molecular formula is C44H27N3. The summed E-state index contributed by atoms with van der Waals surface area (Å²) in [6.45, 7) is 0. The van der Waals surface area contributed by atoms with Crippen molar-refractivity contribution in [1.82, 2.24) is 14.5 Å². The van der Waals surface area contributed by atoms with Crippen LogP contribution in [0.5, 0.6) is 0 Å². The van der Waals surface area contributed by atoms with Crippen LogP contribution in [0.4, 0.5) is 0 Å². The van der Waals surface area contributed by atoms with Gasteiger partial charge in [0, 0.05) is 27.1 Å². The minimum Gasteiger partial charge on any atom is -0.277 e. The van der Waals surface area contributed by atoms with Crippen LogP contribution in [-0.4, -0.2) is 14.5 Å². The van der Waals surface area contributed by atoms with Gasteiger partial charge in [0.25, 0.3) is 0 Å². The first-order valence-corrected chi connectivity index (χ1v) is 16.0. The van der Waals surface area contributed by atoms with Gasteiger partial charge in [0.15, 0.2) is 0 Å². The molecule has 0 fully saturated rings. The van der Waals surface area contributed by atoms with Crippen molar-refractivity contribution in [3.05, 3.63) is 164 Å². The predicted molar refractivity (Wildman–Crippen MR) is 197 cm³/mol. The summed E-state index contributed by atoms with van der Waals surface area (Å²) in [5, 5.41) is 10.8. The van der Waals surface area contributed by atoms with Gasteiger partial charge in [-0.1, -0.05) is 152 Å². The molecule has 10 rings (SSSR count). The van der Waals surface area contributed by atoms with Crippen molar-refractivity contribution in [2.24, 2.45) is 0 Å². The highest BCUT2D eigenvalue weighted by molar-refractivity contribution is 6.28. The summed E-state index contributed by atoms with van der Waals surface area (Å²) >= 11 is 0. The first-order chi connectivity index (χ1) is 23.3. The molecule has 3 nitrogen and oxygen atoms in total. The molecule has 0 aliphatic heterocycles. The molecule has 2 aromatic heterocycles. The van der Waals surface area contributed by atoms with Crippen molar-refractivity contribution in [1.29, 1.82) is 0 Å². The van der Waals surface area contributed by atoms with Gasteiger partial charge in [0.05, 0.1) is 22.2 Å². The highest BCUT2D eigenvalue weighted by atomic mass is 15.2. The zero-order valence-corrected chi connectivity index (χ0v) is 25.4. The number of hydrogen-bond acceptors (Lipinski definition) is 2. The van der Waals surface area contributed by atoms with Gasteiger partial charge >= 0.3 is 0 Å². The maximum atomic E-state index is 5.40. The van der Waals surface area contributed by atoms with E-state index in [-0.39, 0.29) is 0 Å². The van der Waals surface area contributed by atoms with E-state index in [4.69, 9.17) is 9.97 Å². The van der Waals surface area contributed by atoms with Crippen LogP contribution in [0.1, 0.15) is 0 Å². The van der Waals surface area contributed by atoms with E-state index in [1.165, 1.54) is 54.2 Å². The van der Waals surface area contributed by atoms with Crippen molar-refractivity contribution in [2.45, 2.75) is 0 Å². The lowest BCUT2D eigenvalue weighted by molar-refractivity contribution is 1.02. The molecule has 0 saturated heterocycles. The van der Waals surface area contributed by atoms with Crippen molar-refractivity contribution >= 4 is 65.0 Å². The van der Waals surface area contributed by atoms with E-state index in [1.54, 1.807) is 0 Å². The lowest BCUT2D eigenvalue weighted by atomic mass is 9.95. The quantitative estimate of drug-likeness (QED) is 0.190. The number of nitrogens with zero attached hydrogens (tertiary/aromatic N) is 3. The zero-order valence-electron chi connectivity index (χ0n) is 25.4. The molecule has 47 heavy (non-hydrogen) atoms. The SMILES string of the molecule is c1ccc(-c2ccc(-c3nc(-n4c5ccccc5c5ccc6ccc7c8ccccc8ccc7c6c54)nc4ccccc34)cc2)cc1. The standard InChI is InChI=1S/C44H27N3/c1-2-10-28(11-3-1)29-18-20-32(21-19-29)42-38-15-6-8-16-39(38)45-44(46-42)47-40-17-9-7-14-35(40)37-27-24-31-23-25-34-33-13-5-4-12-30(33)22-26-36(34)41(31)43(37)47/h1-27H. The number of benzene rings is 8. The Morgan fingerprint density at radius 1 is 0.362 bits per heavy atom. The third-order valence-corrected chi connectivity index (χ3v) is 9.60. The first kappa shape index (κ1) is 26.0. The van der Waals surface area contributed by atoms with Crippen LogP contribution in [-0.2, 0) is 0 Å². The van der Waals surface area contributed by atoms with E-state index < -0.39 is 0 Å². The number of para-hydroxylation sites is 2. The molecule has 218 valence electrons. The second-order valence-electron chi connectivity index (χ2n) is 12.2. The van der Waals surface area contributed by atoms with E-state index in [2.05, 4.69) is 168 Å². The van der Waals surface area contributed by atoms with Crippen LogP contribution in [0.2, 0.25) is 0 Å². The van der Waals surface area contributed by atoms with Crippen LogP contribution >= 0.6 is 0 Å². The van der Waals surface area contributed by atoms with Crippen LogP contribution in [0, 0.1) is 0 Å². The molecule has 0 N–H and O–H groups in total. The van der Waals surface area contributed by atoms with Gasteiger partial charge in [-0.05, 0) is 50.2 Å². The number of fused-ring (bicyclic) bond motifs is 10. The number of hydrogen-bond donors (Lipinski definition) is 0. The highest BCUT2D eigenvalue weighted by Crippen LogP contribution is 2.41. The molecule has 0 atom stereocenters. The Bertz CT molecular complexity index is 2830. The van der Waals surface area contributed by atoms with Crippen LogP contribution in [0.15, 0.2) is 164 Å². The maximum absolute atomic E-state index is 5.40. The average molecular weight is 598 g/mol. The Balaban J connectivity index is 1.30. The first-order valence-electron chi connectivity index (χ1n) is 16.0. The van der Waals surface area contributed by atoms with Crippen LogP contribution in [0.3, 0.4) is 0 Å². The lowest BCUT2D eigenvalue weighted by Gasteiger charge is -2.14. The molecule has 0 saturated carbocycles. The summed E-state index contributed by atoms with van der Waals surface area (Å²) in [5.41, 5.74) is 7.50. The Morgan fingerprint density at radius 3 is 1.83 bits per heavy atom. The molecule has 0 bridgehead atoms. The van der Waals surface area contributed by atoms with E-state index in [9.17, 15) is 0 Å². The molecule has 10 aromatic rings. The molecular weight excluding hydrogens is 571 g/mol. The molecule has 0 radical (unpaired) electrons. The largest absolute Gasteiger partial charge is 0.277 e. The van der Waals surface area contributed by atoms with Gasteiger partial charge in [-0.3, -0.25) is 4.57 Å². The Hall–Kier alpha value is -6.32. The minimum atomic E-state index is 0.669. The molecule has 0 aliphatic rings. The van der Waals surface area contributed by atoms with Crippen LogP contribution in [0.25, 0.3) is 93.4 Å². The van der Waals surface area contributed by atoms with Gasteiger partial charge in [0.1, 0.15) is 0 Å². The smallest absolute Gasteiger partial charge is 0.235 e. The molecule has 2 heterocycles. The molecule has 0 aliphatic carbocycles. The fourth-order valence-electron chi connectivity index (χ4n) is 7.40. The number of rotatable bonds is 3. The topological polar surface area (TPSA) is 30.7 Å². The molecule has 0 spiro atoms. The summed E-state index contributed by atoms with van der Waals surface area (Å²) < 4.78 is 2.29. The van der Waals surface area contributed by atoms with Crippen molar-refractivity contribution in [2.75, 3.05) is 0 Å². The van der Waals surface area contributed by atoms with Gasteiger partial charge in [-0.25, -0.2) is 9.97 Å². The lowest BCUT2D eigenvalue weighted by Crippen LogP contribution is -2.04. The van der Waals surface area contributed by atoms with Crippen LogP contribution < -0.4 is 0 Å². The third kappa shape index (κ3) is 3.93. The summed E-state index contributed by atoms with van der Waals surface area (Å²) in [5.74, 6) is 0.669. The summed E-state index contributed by atoms with van der Waals surface area (Å²) in [6.07, 6.45) is 0. The zero-order chi connectivity index (χ0) is 30.9. The number of aromatic nitrogens is 3. The minimum absolute atomic E-state index is 0.669. The normalized spacial score (nSPS) is 11.8. The highest BCUT2D eigenvalue weighted by Gasteiger charge is 2.20. The van der Waals surface area contributed by atoms with Gasteiger partial charge in [0.2, 0.25) is 5.95 Å². The molecule has 3 heteroatoms. The Kier molecular flexibility index (Phi) is 5.57. The van der Waals surface area contributed by atoms with Crippen molar-refractivity contribution < 1.29 is 0 Å². The van der Waals surface area contributed by atoms with Gasteiger partial charge < -0.3 is 0 Å². The summed E-state index contributed by atoms with van der Waals surface area (Å²) in [7, 11) is 0. The monoisotopic (exact) mass is 597 g/mol. The van der Waals surface area contributed by atoms with E-state index >= 15 is 0 Å². The fraction of sp³-hybridized carbons (Fsp3) is 0. The molecule has 0 amide bonds. The van der Waals surface area contributed by atoms with Gasteiger partial charge in [-0.15, -0.1) is 0 Å². The summed E-state index contributed by atoms with van der Waals surface area (Å²) in [4.78, 5) is 10.7. The molecule has 0 unspecified atom stereocenters. The van der Waals surface area contributed by atoms with Crippen molar-refractivity contribution in [3.63, 3.8) is 0 Å². The second-order valence-corrected chi connectivity index (χ2v) is 12.2. The van der Waals surface area contributed by atoms with Crippen molar-refractivity contribution in [3.8, 4) is 28.3 Å². The Morgan fingerprint density at radius 2 is 0.979 bits per heavy atom. The van der Waals surface area contributed by atoms with Gasteiger partial charge in [-0.2, -0.15) is 0 Å². The Labute approximate surface area is 271 Å².